The number of benzene rings is 2. The molecule has 120 valence electrons. The van der Waals surface area contributed by atoms with Crippen LogP contribution in [0.1, 0.15) is 15.9 Å². The molecule has 0 radical (unpaired) electrons. The van der Waals surface area contributed by atoms with Crippen molar-refractivity contribution in [2.24, 2.45) is 0 Å². The molecular formula is C16H15Cl2N3O2. The van der Waals surface area contributed by atoms with Crippen LogP contribution in [-0.4, -0.2) is 18.4 Å². The predicted molar refractivity (Wildman–Crippen MR) is 93.0 cm³/mol. The first kappa shape index (κ1) is 17.1. The van der Waals surface area contributed by atoms with E-state index in [4.69, 9.17) is 28.9 Å². The Bertz CT molecular complexity index is 740. The van der Waals surface area contributed by atoms with E-state index >= 15 is 0 Å². The fraction of sp³-hybridized carbons (Fsp3) is 0.125. The maximum atomic E-state index is 12.0. The molecule has 0 bridgehead atoms. The van der Waals surface area contributed by atoms with E-state index in [9.17, 15) is 9.59 Å². The topological polar surface area (TPSA) is 84.2 Å². The van der Waals surface area contributed by atoms with Crippen LogP contribution >= 0.6 is 23.2 Å². The van der Waals surface area contributed by atoms with Gasteiger partial charge in [-0.05, 0) is 31.2 Å². The fourth-order valence-electron chi connectivity index (χ4n) is 1.91. The zero-order valence-electron chi connectivity index (χ0n) is 12.3. The maximum Gasteiger partial charge on any atom is 0.251 e. The fourth-order valence-corrected chi connectivity index (χ4v) is 2.40. The molecule has 0 aromatic heterocycles. The molecule has 0 atom stereocenters. The zero-order chi connectivity index (χ0) is 17.0. The molecule has 5 nitrogen and oxygen atoms in total. The molecule has 0 fully saturated rings. The number of aryl methyl sites for hydroxylation is 1. The summed E-state index contributed by atoms with van der Waals surface area (Å²) in [6.45, 7) is 1.71. The predicted octanol–water partition coefficient (Wildman–Crippen LogP) is 3.25. The Balaban J connectivity index is 1.94. The Labute approximate surface area is 143 Å². The van der Waals surface area contributed by atoms with Crippen LogP contribution in [-0.2, 0) is 4.79 Å². The van der Waals surface area contributed by atoms with Crippen molar-refractivity contribution < 1.29 is 9.59 Å². The van der Waals surface area contributed by atoms with Crippen LogP contribution in [0.15, 0.2) is 36.4 Å². The number of amides is 2. The van der Waals surface area contributed by atoms with Gasteiger partial charge in [-0.2, -0.15) is 0 Å². The van der Waals surface area contributed by atoms with Crippen molar-refractivity contribution in [3.63, 3.8) is 0 Å². The minimum Gasteiger partial charge on any atom is -0.396 e. The van der Waals surface area contributed by atoms with Gasteiger partial charge in [0, 0.05) is 11.3 Å². The van der Waals surface area contributed by atoms with E-state index in [-0.39, 0.29) is 28.2 Å². The molecule has 0 aliphatic carbocycles. The first-order chi connectivity index (χ1) is 10.9. The molecule has 0 saturated carbocycles. The second-order valence-electron chi connectivity index (χ2n) is 4.95. The molecule has 0 aliphatic rings. The molecule has 4 N–H and O–H groups in total. The highest BCUT2D eigenvalue weighted by molar-refractivity contribution is 6.39. The smallest absolute Gasteiger partial charge is 0.251 e. The zero-order valence-corrected chi connectivity index (χ0v) is 13.8. The van der Waals surface area contributed by atoms with Crippen molar-refractivity contribution >= 4 is 46.4 Å². The highest BCUT2D eigenvalue weighted by atomic mass is 35.5. The average molecular weight is 352 g/mol. The van der Waals surface area contributed by atoms with E-state index in [0.717, 1.165) is 5.56 Å². The molecule has 0 unspecified atom stereocenters. The first-order valence-corrected chi connectivity index (χ1v) is 7.51. The normalized spacial score (nSPS) is 10.2. The third-order valence-electron chi connectivity index (χ3n) is 3.05. The van der Waals surface area contributed by atoms with Crippen molar-refractivity contribution in [1.82, 2.24) is 5.32 Å². The van der Waals surface area contributed by atoms with Gasteiger partial charge in [-0.1, -0.05) is 40.9 Å². The summed E-state index contributed by atoms with van der Waals surface area (Å²) in [5.74, 6) is -0.722. The van der Waals surface area contributed by atoms with Gasteiger partial charge in [0.05, 0.1) is 22.3 Å². The molecule has 2 amide bonds. The number of carbonyl (C=O) groups excluding carboxylic acids is 2. The molecule has 7 heteroatoms. The van der Waals surface area contributed by atoms with Gasteiger partial charge in [0.1, 0.15) is 0 Å². The largest absolute Gasteiger partial charge is 0.396 e. The Morgan fingerprint density at radius 1 is 1.13 bits per heavy atom. The molecule has 2 aromatic rings. The van der Waals surface area contributed by atoms with Gasteiger partial charge in [-0.3, -0.25) is 9.59 Å². The van der Waals surface area contributed by atoms with Crippen LogP contribution in [0.25, 0.3) is 0 Å². The molecular weight excluding hydrogens is 337 g/mol. The number of nitrogens with two attached hydrogens (primary N) is 1. The summed E-state index contributed by atoms with van der Waals surface area (Å²) in [6.07, 6.45) is 0. The van der Waals surface area contributed by atoms with Gasteiger partial charge in [0.25, 0.3) is 5.91 Å². The number of nitrogens with one attached hydrogen (secondary N) is 2. The van der Waals surface area contributed by atoms with Crippen LogP contribution < -0.4 is 16.4 Å². The van der Waals surface area contributed by atoms with Gasteiger partial charge < -0.3 is 16.4 Å². The average Bonchev–Trinajstić information content (AvgIpc) is 2.50. The van der Waals surface area contributed by atoms with Crippen molar-refractivity contribution in [2.75, 3.05) is 17.6 Å². The summed E-state index contributed by atoms with van der Waals surface area (Å²) in [7, 11) is 0. The summed E-state index contributed by atoms with van der Waals surface area (Å²) in [6, 6.07) is 10.1. The number of carbonyl (C=O) groups is 2. The second-order valence-corrected chi connectivity index (χ2v) is 5.77. The van der Waals surface area contributed by atoms with Crippen molar-refractivity contribution in [2.45, 2.75) is 6.92 Å². The third-order valence-corrected chi connectivity index (χ3v) is 3.68. The third kappa shape index (κ3) is 4.61. The summed E-state index contributed by atoms with van der Waals surface area (Å²) in [5, 5.41) is 5.63. The van der Waals surface area contributed by atoms with E-state index in [0.29, 0.717) is 11.3 Å². The monoisotopic (exact) mass is 351 g/mol. The van der Waals surface area contributed by atoms with E-state index in [1.807, 2.05) is 13.0 Å². The van der Waals surface area contributed by atoms with Gasteiger partial charge in [0.15, 0.2) is 0 Å². The first-order valence-electron chi connectivity index (χ1n) is 6.76. The van der Waals surface area contributed by atoms with E-state index < -0.39 is 5.91 Å². The lowest BCUT2D eigenvalue weighted by atomic mass is 10.1. The summed E-state index contributed by atoms with van der Waals surface area (Å²) < 4.78 is 0. The molecule has 0 saturated heterocycles. The second kappa shape index (κ2) is 7.35. The van der Waals surface area contributed by atoms with Crippen molar-refractivity contribution in [3.8, 4) is 0 Å². The molecule has 23 heavy (non-hydrogen) atoms. The van der Waals surface area contributed by atoms with Crippen LogP contribution in [0.4, 0.5) is 11.4 Å². The van der Waals surface area contributed by atoms with Crippen molar-refractivity contribution in [3.05, 3.63) is 57.6 Å². The number of rotatable bonds is 4. The lowest BCUT2D eigenvalue weighted by Crippen LogP contribution is -2.32. The van der Waals surface area contributed by atoms with Crippen LogP contribution in [0.5, 0.6) is 0 Å². The van der Waals surface area contributed by atoms with Crippen LogP contribution in [0, 0.1) is 6.92 Å². The van der Waals surface area contributed by atoms with Gasteiger partial charge in [0.2, 0.25) is 5.91 Å². The summed E-state index contributed by atoms with van der Waals surface area (Å²) >= 11 is 11.8. The number of halogens is 2. The van der Waals surface area contributed by atoms with Gasteiger partial charge >= 0.3 is 0 Å². The van der Waals surface area contributed by atoms with Gasteiger partial charge in [-0.15, -0.1) is 0 Å². The minimum absolute atomic E-state index is 0.174. The molecule has 0 heterocycles. The highest BCUT2D eigenvalue weighted by Crippen LogP contribution is 2.30. The van der Waals surface area contributed by atoms with Crippen molar-refractivity contribution in [1.29, 1.82) is 0 Å². The Kier molecular flexibility index (Phi) is 5.47. The Morgan fingerprint density at radius 2 is 1.78 bits per heavy atom. The lowest BCUT2D eigenvalue weighted by molar-refractivity contribution is -0.115. The van der Waals surface area contributed by atoms with E-state index in [2.05, 4.69) is 10.6 Å². The standard InChI is InChI=1S/C16H15Cl2N3O2/c1-9-3-2-4-10(5-9)16(23)20-8-14(22)21-11-6-12(17)15(19)13(18)7-11/h2-7H,8,19H2,1H3,(H,20,23)(H,21,22). The Hall–Kier alpha value is -2.24. The number of anilines is 2. The number of hydrogen-bond donors (Lipinski definition) is 3. The van der Waals surface area contributed by atoms with E-state index in [1.165, 1.54) is 12.1 Å². The number of hydrogen-bond acceptors (Lipinski definition) is 3. The summed E-state index contributed by atoms with van der Waals surface area (Å²) in [4.78, 5) is 23.8. The molecule has 2 aromatic carbocycles. The molecule has 0 spiro atoms. The Morgan fingerprint density at radius 3 is 2.39 bits per heavy atom. The molecule has 2 rings (SSSR count). The van der Waals surface area contributed by atoms with Gasteiger partial charge in [-0.25, -0.2) is 0 Å². The van der Waals surface area contributed by atoms with E-state index in [1.54, 1.807) is 18.2 Å². The SMILES string of the molecule is Cc1cccc(C(=O)NCC(=O)Nc2cc(Cl)c(N)c(Cl)c2)c1. The number of nitrogen functional groups attached to an aromatic ring is 1. The molecule has 0 aliphatic heterocycles. The minimum atomic E-state index is -0.400. The van der Waals surface area contributed by atoms with Crippen LogP contribution in [0.2, 0.25) is 10.0 Å². The lowest BCUT2D eigenvalue weighted by Gasteiger charge is -2.09. The summed E-state index contributed by atoms with van der Waals surface area (Å²) in [5.41, 5.74) is 7.74. The maximum absolute atomic E-state index is 12.0. The highest BCUT2D eigenvalue weighted by Gasteiger charge is 2.10. The van der Waals surface area contributed by atoms with Crippen LogP contribution in [0.3, 0.4) is 0 Å². The quantitative estimate of drug-likeness (QED) is 0.739.